The molecule has 0 radical (unpaired) electrons. The molecule has 21 heavy (non-hydrogen) atoms. The highest BCUT2D eigenvalue weighted by Gasteiger charge is 2.21. The van der Waals surface area contributed by atoms with Crippen molar-refractivity contribution in [3.8, 4) is 5.75 Å². The highest BCUT2D eigenvalue weighted by molar-refractivity contribution is 5.99. The van der Waals surface area contributed by atoms with Crippen LogP contribution in [0.4, 0.5) is 5.69 Å². The van der Waals surface area contributed by atoms with Crippen molar-refractivity contribution < 1.29 is 15.0 Å². The molecule has 0 saturated carbocycles. The van der Waals surface area contributed by atoms with Crippen molar-refractivity contribution in [2.45, 2.75) is 25.3 Å². The molecule has 6 nitrogen and oxygen atoms in total. The van der Waals surface area contributed by atoms with Gasteiger partial charge in [-0.3, -0.25) is 9.69 Å². The Labute approximate surface area is 124 Å². The molecule has 116 valence electrons. The van der Waals surface area contributed by atoms with Crippen LogP contribution >= 0.6 is 0 Å². The van der Waals surface area contributed by atoms with Gasteiger partial charge in [0.25, 0.3) is 5.91 Å². The van der Waals surface area contributed by atoms with Crippen molar-refractivity contribution in [3.05, 3.63) is 23.8 Å². The van der Waals surface area contributed by atoms with Gasteiger partial charge in [0.05, 0.1) is 12.2 Å². The number of hydrogen-bond donors (Lipinski definition) is 4. The van der Waals surface area contributed by atoms with Crippen molar-refractivity contribution in [3.63, 3.8) is 0 Å². The molecule has 2 rings (SSSR count). The van der Waals surface area contributed by atoms with Crippen LogP contribution in [0, 0.1) is 0 Å². The van der Waals surface area contributed by atoms with Crippen LogP contribution in [0.5, 0.6) is 5.75 Å². The molecule has 5 N–H and O–H groups in total. The topological polar surface area (TPSA) is 98.8 Å². The van der Waals surface area contributed by atoms with Gasteiger partial charge in [0.1, 0.15) is 5.75 Å². The van der Waals surface area contributed by atoms with Gasteiger partial charge in [0.15, 0.2) is 0 Å². The molecule has 0 bridgehead atoms. The van der Waals surface area contributed by atoms with E-state index < -0.39 is 0 Å². The Morgan fingerprint density at radius 3 is 3.00 bits per heavy atom. The number of nitrogens with zero attached hydrogens (tertiary/aromatic N) is 1. The number of carbonyl (C=O) groups excluding carboxylic acids is 1. The fraction of sp³-hybridized carbons (Fsp3) is 0.533. The van der Waals surface area contributed by atoms with Gasteiger partial charge < -0.3 is 21.3 Å². The monoisotopic (exact) mass is 293 g/mol. The zero-order chi connectivity index (χ0) is 15.2. The van der Waals surface area contributed by atoms with E-state index in [1.807, 2.05) is 0 Å². The molecular weight excluding hydrogens is 270 g/mol. The number of benzene rings is 1. The summed E-state index contributed by atoms with van der Waals surface area (Å²) in [6.07, 6.45) is 3.28. The van der Waals surface area contributed by atoms with Gasteiger partial charge in [-0.1, -0.05) is 6.42 Å². The second-order valence-corrected chi connectivity index (χ2v) is 5.40. The second-order valence-electron chi connectivity index (χ2n) is 5.40. The number of rotatable bonds is 5. The predicted molar refractivity (Wildman–Crippen MR) is 81.2 cm³/mol. The van der Waals surface area contributed by atoms with Crippen LogP contribution in [0.25, 0.3) is 0 Å². The number of likely N-dealkylation sites (tertiary alicyclic amines) is 1. The van der Waals surface area contributed by atoms with Crippen molar-refractivity contribution in [2.24, 2.45) is 0 Å². The number of nitrogens with one attached hydrogen (secondary N) is 1. The highest BCUT2D eigenvalue weighted by Crippen LogP contribution is 2.18. The summed E-state index contributed by atoms with van der Waals surface area (Å²) in [6, 6.07) is 4.52. The van der Waals surface area contributed by atoms with Gasteiger partial charge >= 0.3 is 0 Å². The Balaban J connectivity index is 1.85. The fourth-order valence-corrected chi connectivity index (χ4v) is 2.71. The Hall–Kier alpha value is -1.79. The Morgan fingerprint density at radius 2 is 2.24 bits per heavy atom. The quantitative estimate of drug-likeness (QED) is 0.469. The molecule has 1 heterocycles. The molecule has 1 aromatic carbocycles. The van der Waals surface area contributed by atoms with Crippen LogP contribution in [0.15, 0.2) is 18.2 Å². The van der Waals surface area contributed by atoms with Gasteiger partial charge in [-0.25, -0.2) is 0 Å². The molecular formula is C15H23N3O3. The minimum absolute atomic E-state index is 0.0192. The van der Waals surface area contributed by atoms with E-state index in [1.165, 1.54) is 18.2 Å². The highest BCUT2D eigenvalue weighted by atomic mass is 16.3. The van der Waals surface area contributed by atoms with Gasteiger partial charge in [-0.05, 0) is 37.6 Å². The largest absolute Gasteiger partial charge is 0.508 e. The van der Waals surface area contributed by atoms with Crippen molar-refractivity contribution in [1.82, 2.24) is 10.2 Å². The summed E-state index contributed by atoms with van der Waals surface area (Å²) in [5, 5.41) is 21.6. The van der Waals surface area contributed by atoms with Gasteiger partial charge in [-0.15, -0.1) is 0 Å². The minimum atomic E-state index is -0.291. The third-order valence-corrected chi connectivity index (χ3v) is 3.93. The number of aliphatic hydroxyl groups is 1. The van der Waals surface area contributed by atoms with Crippen LogP contribution < -0.4 is 11.1 Å². The van der Waals surface area contributed by atoms with Crippen LogP contribution in [-0.2, 0) is 0 Å². The average Bonchev–Trinajstić information content (AvgIpc) is 2.50. The Bertz CT molecular complexity index is 493. The number of phenolic OH excluding ortho intramolecular Hbond substituents is 1. The van der Waals surface area contributed by atoms with Crippen LogP contribution in [0.1, 0.15) is 29.6 Å². The zero-order valence-electron chi connectivity index (χ0n) is 12.1. The number of nitrogen functional groups attached to an aromatic ring is 1. The molecule has 0 aromatic heterocycles. The van der Waals surface area contributed by atoms with E-state index in [0.717, 1.165) is 25.8 Å². The maximum absolute atomic E-state index is 12.0. The maximum Gasteiger partial charge on any atom is 0.253 e. The smallest absolute Gasteiger partial charge is 0.253 e. The van der Waals surface area contributed by atoms with Crippen molar-refractivity contribution in [2.75, 3.05) is 32.0 Å². The lowest BCUT2D eigenvalue weighted by atomic mass is 10.0. The number of piperidine rings is 1. The minimum Gasteiger partial charge on any atom is -0.508 e. The number of hydrogen-bond acceptors (Lipinski definition) is 5. The first kappa shape index (κ1) is 15.6. The molecule has 1 aliphatic rings. The molecule has 0 aliphatic carbocycles. The SMILES string of the molecule is Nc1ccc(O)cc1C(=O)NCCN1CCCCC1CO. The van der Waals surface area contributed by atoms with E-state index in [1.54, 1.807) is 0 Å². The summed E-state index contributed by atoms with van der Waals surface area (Å²) in [5.74, 6) is -0.272. The van der Waals surface area contributed by atoms with E-state index in [2.05, 4.69) is 10.2 Å². The molecule has 1 aliphatic heterocycles. The summed E-state index contributed by atoms with van der Waals surface area (Å²) >= 11 is 0. The normalized spacial score (nSPS) is 19.4. The third kappa shape index (κ3) is 4.09. The number of carbonyl (C=O) groups is 1. The van der Waals surface area contributed by atoms with E-state index in [9.17, 15) is 15.0 Å². The first-order valence-corrected chi connectivity index (χ1v) is 7.33. The lowest BCUT2D eigenvalue weighted by Gasteiger charge is -2.34. The molecule has 1 aromatic rings. The van der Waals surface area contributed by atoms with E-state index >= 15 is 0 Å². The van der Waals surface area contributed by atoms with E-state index in [0.29, 0.717) is 18.8 Å². The molecule has 1 unspecified atom stereocenters. The van der Waals surface area contributed by atoms with Crippen molar-refractivity contribution in [1.29, 1.82) is 0 Å². The number of phenols is 1. The average molecular weight is 293 g/mol. The summed E-state index contributed by atoms with van der Waals surface area (Å²) in [4.78, 5) is 14.2. The molecule has 1 saturated heterocycles. The number of nitrogens with two attached hydrogens (primary N) is 1. The molecule has 1 fully saturated rings. The van der Waals surface area contributed by atoms with Crippen LogP contribution in [-0.4, -0.2) is 53.3 Å². The Morgan fingerprint density at radius 1 is 1.43 bits per heavy atom. The van der Waals surface area contributed by atoms with Gasteiger partial charge in [0.2, 0.25) is 0 Å². The standard InChI is InChI=1S/C15H23N3O3/c16-14-5-4-12(20)9-13(14)15(21)17-6-8-18-7-2-1-3-11(18)10-19/h4-5,9,11,19-20H,1-3,6-8,10,16H2,(H,17,21). The number of anilines is 1. The summed E-state index contributed by atoms with van der Waals surface area (Å²) < 4.78 is 0. The first-order chi connectivity index (χ1) is 10.1. The van der Waals surface area contributed by atoms with Gasteiger partial charge in [-0.2, -0.15) is 0 Å². The first-order valence-electron chi connectivity index (χ1n) is 7.33. The predicted octanol–water partition coefficient (Wildman–Crippen LogP) is 0.551. The zero-order valence-corrected chi connectivity index (χ0v) is 12.1. The van der Waals surface area contributed by atoms with Crippen molar-refractivity contribution >= 4 is 11.6 Å². The van der Waals surface area contributed by atoms with Crippen LogP contribution in [0.2, 0.25) is 0 Å². The number of aliphatic hydroxyl groups excluding tert-OH is 1. The lowest BCUT2D eigenvalue weighted by molar-refractivity contribution is 0.0849. The van der Waals surface area contributed by atoms with Crippen LogP contribution in [0.3, 0.4) is 0 Å². The van der Waals surface area contributed by atoms with E-state index in [4.69, 9.17) is 5.73 Å². The molecule has 6 heteroatoms. The van der Waals surface area contributed by atoms with E-state index in [-0.39, 0.29) is 29.9 Å². The number of aromatic hydroxyl groups is 1. The Kier molecular flexibility index (Phi) is 5.41. The lowest BCUT2D eigenvalue weighted by Crippen LogP contribution is -2.45. The third-order valence-electron chi connectivity index (χ3n) is 3.93. The summed E-state index contributed by atoms with van der Waals surface area (Å²) in [7, 11) is 0. The number of amides is 1. The molecule has 1 atom stereocenters. The maximum atomic E-state index is 12.0. The fourth-order valence-electron chi connectivity index (χ4n) is 2.71. The molecule has 0 spiro atoms. The van der Waals surface area contributed by atoms with Gasteiger partial charge in [0, 0.05) is 24.8 Å². The summed E-state index contributed by atoms with van der Waals surface area (Å²) in [6.45, 7) is 2.31. The summed E-state index contributed by atoms with van der Waals surface area (Å²) in [5.41, 5.74) is 6.36. The second kappa shape index (κ2) is 7.28. The molecule has 1 amide bonds.